The molecule has 2 aromatic rings. The molecule has 3 heterocycles. The smallest absolute Gasteiger partial charge is 0.328 e. The summed E-state index contributed by atoms with van der Waals surface area (Å²) in [6.45, 7) is 5.67. The lowest BCUT2D eigenvalue weighted by molar-refractivity contribution is -0.0202. The van der Waals surface area contributed by atoms with E-state index >= 15 is 0 Å². The van der Waals surface area contributed by atoms with Gasteiger partial charge in [0.2, 0.25) is 0 Å². The number of hydrogen-bond acceptors (Lipinski definition) is 5. The summed E-state index contributed by atoms with van der Waals surface area (Å²) < 4.78 is 6.92. The first-order valence-electron chi connectivity index (χ1n) is 9.29. The number of hydrogen-bond donors (Lipinski definition) is 1. The maximum absolute atomic E-state index is 13.1. The number of morpholine rings is 1. The molecule has 0 radical (unpaired) electrons. The molecule has 0 aliphatic carbocycles. The molecule has 2 aliphatic heterocycles. The van der Waals surface area contributed by atoms with Crippen LogP contribution in [0.15, 0.2) is 27.8 Å². The summed E-state index contributed by atoms with van der Waals surface area (Å²) in [7, 11) is 0. The number of aromatic amines is 1. The van der Waals surface area contributed by atoms with Crippen molar-refractivity contribution in [3.8, 4) is 0 Å². The van der Waals surface area contributed by atoms with Crippen LogP contribution in [0, 0.1) is 0 Å². The fraction of sp³-hybridized carbons (Fsp3) is 0.579. The van der Waals surface area contributed by atoms with Crippen molar-refractivity contribution in [2.75, 3.05) is 37.8 Å². The van der Waals surface area contributed by atoms with E-state index in [1.807, 2.05) is 30.0 Å². The predicted molar refractivity (Wildman–Crippen MR) is 105 cm³/mol. The summed E-state index contributed by atoms with van der Waals surface area (Å²) >= 11 is 1.91. The monoisotopic (exact) mass is 375 g/mol. The lowest BCUT2D eigenvalue weighted by Gasteiger charge is -2.43. The fourth-order valence-electron chi connectivity index (χ4n) is 4.06. The largest absolute Gasteiger partial charge is 0.379 e. The van der Waals surface area contributed by atoms with Crippen molar-refractivity contribution in [3.05, 3.63) is 44.6 Å². The van der Waals surface area contributed by atoms with E-state index in [9.17, 15) is 9.59 Å². The lowest BCUT2D eigenvalue weighted by atomic mass is 9.95. The van der Waals surface area contributed by atoms with Crippen LogP contribution in [0.2, 0.25) is 0 Å². The number of aryl methyl sites for hydroxylation is 1. The van der Waals surface area contributed by atoms with Crippen LogP contribution >= 0.6 is 11.8 Å². The highest BCUT2D eigenvalue weighted by atomic mass is 32.2. The number of rotatable bonds is 4. The van der Waals surface area contributed by atoms with E-state index in [-0.39, 0.29) is 16.8 Å². The molecule has 26 heavy (non-hydrogen) atoms. The SMILES string of the molecule is CCc1ccc2[nH]c(=O)n(CC3(N4CCOCC4)CCSC3)c(=O)c2c1. The molecule has 0 bridgehead atoms. The maximum Gasteiger partial charge on any atom is 0.328 e. The van der Waals surface area contributed by atoms with Crippen molar-refractivity contribution in [2.45, 2.75) is 31.8 Å². The number of fused-ring (bicyclic) bond motifs is 1. The van der Waals surface area contributed by atoms with Crippen LogP contribution < -0.4 is 11.2 Å². The van der Waals surface area contributed by atoms with E-state index in [0.29, 0.717) is 17.4 Å². The Hall–Kier alpha value is -1.57. The Morgan fingerprint density at radius 2 is 2.08 bits per heavy atom. The van der Waals surface area contributed by atoms with E-state index in [1.165, 1.54) is 4.57 Å². The summed E-state index contributed by atoms with van der Waals surface area (Å²) in [4.78, 5) is 31.1. The van der Waals surface area contributed by atoms with Crippen molar-refractivity contribution in [1.29, 1.82) is 0 Å². The number of thioether (sulfide) groups is 1. The number of aromatic nitrogens is 2. The van der Waals surface area contributed by atoms with E-state index in [4.69, 9.17) is 4.74 Å². The maximum atomic E-state index is 13.1. The third kappa shape index (κ3) is 3.12. The molecule has 1 aromatic carbocycles. The van der Waals surface area contributed by atoms with Crippen LogP contribution in [-0.2, 0) is 17.7 Å². The number of nitrogens with zero attached hydrogens (tertiary/aromatic N) is 2. The Bertz CT molecular complexity index is 908. The quantitative estimate of drug-likeness (QED) is 0.876. The Morgan fingerprint density at radius 1 is 1.27 bits per heavy atom. The first kappa shape index (κ1) is 17.8. The van der Waals surface area contributed by atoms with Gasteiger partial charge < -0.3 is 9.72 Å². The zero-order valence-corrected chi connectivity index (χ0v) is 15.9. The van der Waals surface area contributed by atoms with Gasteiger partial charge in [-0.15, -0.1) is 0 Å². The van der Waals surface area contributed by atoms with Crippen LogP contribution in [0.5, 0.6) is 0 Å². The van der Waals surface area contributed by atoms with Crippen molar-refractivity contribution >= 4 is 22.7 Å². The summed E-state index contributed by atoms with van der Waals surface area (Å²) in [6.07, 6.45) is 1.86. The van der Waals surface area contributed by atoms with Gasteiger partial charge >= 0.3 is 5.69 Å². The van der Waals surface area contributed by atoms with E-state index in [2.05, 4.69) is 16.8 Å². The molecule has 0 saturated carbocycles. The molecule has 1 unspecified atom stereocenters. The molecule has 2 fully saturated rings. The molecule has 0 spiro atoms. The molecule has 2 saturated heterocycles. The Morgan fingerprint density at radius 3 is 2.77 bits per heavy atom. The van der Waals surface area contributed by atoms with Gasteiger partial charge in [-0.1, -0.05) is 13.0 Å². The van der Waals surface area contributed by atoms with Crippen LogP contribution in [-0.4, -0.2) is 57.8 Å². The zero-order valence-electron chi connectivity index (χ0n) is 15.1. The number of benzene rings is 1. The van der Waals surface area contributed by atoms with Gasteiger partial charge in [-0.05, 0) is 36.3 Å². The summed E-state index contributed by atoms with van der Waals surface area (Å²) in [5.41, 5.74) is 1.10. The highest BCUT2D eigenvalue weighted by Crippen LogP contribution is 2.35. The van der Waals surface area contributed by atoms with E-state index in [1.54, 1.807) is 0 Å². The summed E-state index contributed by atoms with van der Waals surface area (Å²) in [5.74, 6) is 2.02. The fourth-order valence-corrected chi connectivity index (χ4v) is 5.53. The average molecular weight is 375 g/mol. The van der Waals surface area contributed by atoms with Gasteiger partial charge in [-0.2, -0.15) is 11.8 Å². The van der Waals surface area contributed by atoms with Crippen molar-refractivity contribution < 1.29 is 4.74 Å². The van der Waals surface area contributed by atoms with Gasteiger partial charge in [-0.3, -0.25) is 14.3 Å². The van der Waals surface area contributed by atoms with Crippen molar-refractivity contribution in [1.82, 2.24) is 14.5 Å². The molecule has 4 rings (SSSR count). The second-order valence-corrected chi connectivity index (χ2v) is 8.29. The second kappa shape index (κ2) is 7.21. The molecule has 0 amide bonds. The van der Waals surface area contributed by atoms with Gasteiger partial charge in [0.15, 0.2) is 0 Å². The summed E-state index contributed by atoms with van der Waals surface area (Å²) in [5, 5.41) is 0.603. The van der Waals surface area contributed by atoms with Crippen molar-refractivity contribution in [2.24, 2.45) is 0 Å². The second-order valence-electron chi connectivity index (χ2n) is 7.18. The molecule has 1 atom stereocenters. The summed E-state index contributed by atoms with van der Waals surface area (Å²) in [6, 6.07) is 5.71. The highest BCUT2D eigenvalue weighted by molar-refractivity contribution is 7.99. The Kier molecular flexibility index (Phi) is 4.94. The first-order chi connectivity index (χ1) is 12.6. The lowest BCUT2D eigenvalue weighted by Crippen LogP contribution is -2.58. The normalized spacial score (nSPS) is 24.3. The minimum absolute atomic E-state index is 0.138. The number of nitrogens with one attached hydrogen (secondary N) is 1. The molecule has 6 nitrogen and oxygen atoms in total. The third-order valence-electron chi connectivity index (χ3n) is 5.67. The average Bonchev–Trinajstić information content (AvgIpc) is 3.15. The van der Waals surface area contributed by atoms with Gasteiger partial charge in [-0.25, -0.2) is 4.79 Å². The Balaban J connectivity index is 1.77. The molecular weight excluding hydrogens is 350 g/mol. The van der Waals surface area contributed by atoms with Crippen molar-refractivity contribution in [3.63, 3.8) is 0 Å². The van der Waals surface area contributed by atoms with E-state index < -0.39 is 0 Å². The topological polar surface area (TPSA) is 67.3 Å². The van der Waals surface area contributed by atoms with Gasteiger partial charge in [0, 0.05) is 24.4 Å². The Labute approximate surface area is 156 Å². The molecule has 2 aliphatic rings. The predicted octanol–water partition coefficient (Wildman–Crippen LogP) is 1.46. The molecule has 7 heteroatoms. The van der Waals surface area contributed by atoms with Crippen LogP contribution in [0.3, 0.4) is 0 Å². The van der Waals surface area contributed by atoms with Gasteiger partial charge in [0.25, 0.3) is 5.56 Å². The minimum atomic E-state index is -0.309. The molecule has 1 aromatic heterocycles. The van der Waals surface area contributed by atoms with E-state index in [0.717, 1.165) is 56.2 Å². The highest BCUT2D eigenvalue weighted by Gasteiger charge is 2.41. The van der Waals surface area contributed by atoms with Crippen LogP contribution in [0.25, 0.3) is 10.9 Å². The number of H-pyrrole nitrogens is 1. The zero-order chi connectivity index (χ0) is 18.1. The van der Waals surface area contributed by atoms with Gasteiger partial charge in [0.05, 0.1) is 30.7 Å². The standard InChI is InChI=1S/C19H25N3O3S/c1-2-14-3-4-16-15(11-14)17(23)22(18(24)20-16)12-19(5-10-26-13-19)21-6-8-25-9-7-21/h3-4,11H,2,5-10,12-13H2,1H3,(H,20,24). The first-order valence-corrected chi connectivity index (χ1v) is 10.4. The van der Waals surface area contributed by atoms with Crippen LogP contribution in [0.1, 0.15) is 18.9 Å². The molecule has 1 N–H and O–H groups in total. The third-order valence-corrected chi connectivity index (χ3v) is 6.91. The minimum Gasteiger partial charge on any atom is -0.379 e. The van der Waals surface area contributed by atoms with Gasteiger partial charge in [0.1, 0.15) is 0 Å². The molecule has 140 valence electrons. The molecular formula is C19H25N3O3S. The number of ether oxygens (including phenoxy) is 1. The van der Waals surface area contributed by atoms with Crippen LogP contribution in [0.4, 0.5) is 0 Å².